The minimum atomic E-state index is -0.366. The lowest BCUT2D eigenvalue weighted by Crippen LogP contribution is -2.45. The predicted molar refractivity (Wildman–Crippen MR) is 166 cm³/mol. The van der Waals surface area contributed by atoms with Crippen LogP contribution in [0.1, 0.15) is 94.9 Å². The Morgan fingerprint density at radius 3 is 2.60 bits per heavy atom. The first kappa shape index (κ1) is 29.3. The molecule has 0 bridgehead atoms. The Balaban J connectivity index is 0.000000157. The number of ether oxygens (including phenoxy) is 2. The topological polar surface area (TPSA) is 99.1 Å². The highest BCUT2D eigenvalue weighted by Crippen LogP contribution is 2.61. The van der Waals surface area contributed by atoms with Crippen LogP contribution in [0.4, 0.5) is 0 Å². The third-order valence-corrected chi connectivity index (χ3v) is 10.3. The van der Waals surface area contributed by atoms with E-state index in [0.717, 1.165) is 41.5 Å². The summed E-state index contributed by atoms with van der Waals surface area (Å²) < 4.78 is 22.2. The molecule has 1 N–H and O–H groups in total. The van der Waals surface area contributed by atoms with Crippen molar-refractivity contribution in [1.29, 1.82) is 0 Å². The van der Waals surface area contributed by atoms with Gasteiger partial charge < -0.3 is 23.4 Å². The van der Waals surface area contributed by atoms with Gasteiger partial charge in [-0.15, -0.1) is 0 Å². The number of hydrogen-bond donors (Lipinski definition) is 1. The minimum absolute atomic E-state index is 0.0477. The first-order valence-corrected chi connectivity index (χ1v) is 15.7. The summed E-state index contributed by atoms with van der Waals surface area (Å²) in [6.07, 6.45) is 7.38. The fourth-order valence-electron chi connectivity index (χ4n) is 8.20. The van der Waals surface area contributed by atoms with Gasteiger partial charge in [0.15, 0.2) is 5.75 Å². The second-order valence-corrected chi connectivity index (χ2v) is 13.0. The Kier molecular flexibility index (Phi) is 7.78. The average molecular weight is 587 g/mol. The van der Waals surface area contributed by atoms with Crippen LogP contribution in [0.25, 0.3) is 21.9 Å². The quantitative estimate of drug-likeness (QED) is 0.190. The highest BCUT2D eigenvalue weighted by Gasteiger charge is 2.56. The molecule has 2 aromatic heterocycles. The lowest BCUT2D eigenvalue weighted by Gasteiger charge is -2.50. The number of esters is 1. The maximum atomic E-state index is 11.8. The molecule has 43 heavy (non-hydrogen) atoms. The second-order valence-electron chi connectivity index (χ2n) is 13.0. The summed E-state index contributed by atoms with van der Waals surface area (Å²) in [5.74, 6) is 4.09. The number of hydrogen-bond acceptors (Lipinski definition) is 7. The molecule has 2 saturated carbocycles. The van der Waals surface area contributed by atoms with Crippen molar-refractivity contribution in [2.24, 2.45) is 17.3 Å². The van der Waals surface area contributed by atoms with E-state index in [2.05, 4.69) is 13.0 Å². The molecule has 0 amide bonds. The molecular formula is C36H42O7. The molecule has 7 heteroatoms. The molecule has 0 radical (unpaired) electrons. The summed E-state index contributed by atoms with van der Waals surface area (Å²) in [4.78, 5) is 23.1. The zero-order valence-electron chi connectivity index (χ0n) is 25.8. The molecule has 4 aromatic rings. The number of carbonyl (C=O) groups excluding carboxylic acids is 1. The van der Waals surface area contributed by atoms with Gasteiger partial charge in [0, 0.05) is 35.3 Å². The maximum absolute atomic E-state index is 11.8. The Hall–Kier alpha value is -3.74. The van der Waals surface area contributed by atoms with E-state index in [0.29, 0.717) is 41.1 Å². The summed E-state index contributed by atoms with van der Waals surface area (Å²) in [5, 5.41) is 11.5. The van der Waals surface area contributed by atoms with E-state index in [4.69, 9.17) is 18.3 Å². The van der Waals surface area contributed by atoms with Gasteiger partial charge in [0.2, 0.25) is 0 Å². The maximum Gasteiger partial charge on any atom is 0.336 e. The largest absolute Gasteiger partial charge is 0.508 e. The van der Waals surface area contributed by atoms with E-state index >= 15 is 0 Å². The summed E-state index contributed by atoms with van der Waals surface area (Å²) in [6, 6.07) is 12.7. The molecule has 0 spiro atoms. The van der Waals surface area contributed by atoms with Crippen LogP contribution in [-0.4, -0.2) is 24.3 Å². The number of benzene rings is 2. The van der Waals surface area contributed by atoms with Crippen molar-refractivity contribution < 1.29 is 28.2 Å². The van der Waals surface area contributed by atoms with E-state index in [1.165, 1.54) is 36.5 Å². The van der Waals surface area contributed by atoms with Crippen molar-refractivity contribution in [3.8, 4) is 11.5 Å². The molecule has 3 aliphatic carbocycles. The summed E-state index contributed by atoms with van der Waals surface area (Å²) >= 11 is 0. The number of phenolic OH excluding ortho intramolecular Hbond substituents is 1. The van der Waals surface area contributed by atoms with Crippen molar-refractivity contribution in [3.63, 3.8) is 0 Å². The zero-order chi connectivity index (χ0) is 30.5. The number of furan rings is 1. The van der Waals surface area contributed by atoms with Crippen molar-refractivity contribution in [2.75, 3.05) is 7.11 Å². The van der Waals surface area contributed by atoms with Crippen LogP contribution in [0.15, 0.2) is 56.1 Å². The van der Waals surface area contributed by atoms with Crippen LogP contribution in [0.2, 0.25) is 0 Å². The molecule has 0 saturated heterocycles. The first-order chi connectivity index (χ1) is 20.6. The molecule has 7 nitrogen and oxygen atoms in total. The molecule has 5 atom stereocenters. The predicted octanol–water partition coefficient (Wildman–Crippen LogP) is 8.24. The number of fused-ring (bicyclic) bond motifs is 7. The molecule has 5 unspecified atom stereocenters. The van der Waals surface area contributed by atoms with Crippen molar-refractivity contribution >= 4 is 27.9 Å². The summed E-state index contributed by atoms with van der Waals surface area (Å²) in [6.45, 7) is 8.32. The lowest BCUT2D eigenvalue weighted by molar-refractivity contribution is -0.157. The number of rotatable bonds is 4. The second kappa shape index (κ2) is 11.4. The average Bonchev–Trinajstić information content (AvgIpc) is 3.52. The van der Waals surface area contributed by atoms with E-state index in [9.17, 15) is 14.7 Å². The third kappa shape index (κ3) is 5.21. The smallest absolute Gasteiger partial charge is 0.336 e. The van der Waals surface area contributed by atoms with E-state index < -0.39 is 0 Å². The van der Waals surface area contributed by atoms with E-state index in [1.54, 1.807) is 19.2 Å². The number of aromatic hydroxyl groups is 1. The minimum Gasteiger partial charge on any atom is -0.508 e. The molecule has 3 aliphatic rings. The van der Waals surface area contributed by atoms with Gasteiger partial charge in [0.1, 0.15) is 28.8 Å². The van der Waals surface area contributed by atoms with Crippen molar-refractivity contribution in [2.45, 2.75) is 90.6 Å². The number of aryl methyl sites for hydroxylation is 1. The van der Waals surface area contributed by atoms with Gasteiger partial charge in [-0.3, -0.25) is 4.79 Å². The highest BCUT2D eigenvalue weighted by molar-refractivity contribution is 5.97. The van der Waals surface area contributed by atoms with Gasteiger partial charge in [-0.2, -0.15) is 0 Å². The van der Waals surface area contributed by atoms with Crippen LogP contribution in [0.5, 0.6) is 11.5 Å². The normalized spacial score (nSPS) is 25.9. The van der Waals surface area contributed by atoms with Gasteiger partial charge in [-0.1, -0.05) is 33.8 Å². The first-order valence-electron chi connectivity index (χ1n) is 15.7. The molecule has 228 valence electrons. The Labute approximate surface area is 252 Å². The van der Waals surface area contributed by atoms with Gasteiger partial charge in [0.25, 0.3) is 0 Å². The van der Waals surface area contributed by atoms with E-state index in [1.807, 2.05) is 39.0 Å². The third-order valence-electron chi connectivity index (χ3n) is 10.3. The van der Waals surface area contributed by atoms with Crippen molar-refractivity contribution in [3.05, 3.63) is 69.8 Å². The van der Waals surface area contributed by atoms with Crippen LogP contribution >= 0.6 is 0 Å². The fourth-order valence-corrected chi connectivity index (χ4v) is 8.20. The van der Waals surface area contributed by atoms with Gasteiger partial charge in [-0.05, 0) is 91.7 Å². The molecule has 2 aromatic carbocycles. The molecule has 0 aliphatic heterocycles. The van der Waals surface area contributed by atoms with Gasteiger partial charge >= 0.3 is 11.6 Å². The standard InChI is InChI=1S/C21H28O3.C15H14O4/c1-3-20(23)24-19-9-8-18-17-6-4-13-12-14(22)5-7-15(13)16(17)10-11-21(18,19)2;1-8(2)14-15(17-3)10-6-9-4-5-13(16)18-11(9)7-12(10)19-14/h5,7,12,16-19,22H,3-4,6,8-11H2,1-2H3;4-8H,1-3H3. The van der Waals surface area contributed by atoms with Crippen LogP contribution in [-0.2, 0) is 16.0 Å². The number of methoxy groups -OCH3 is 1. The van der Waals surface area contributed by atoms with E-state index in [-0.39, 0.29) is 29.0 Å². The van der Waals surface area contributed by atoms with Crippen LogP contribution in [0.3, 0.4) is 0 Å². The SMILES string of the molecule is CCC(=O)OC1CCC2C3CCc4cc(O)ccc4C3CCC12C.COc1c(C(C)C)oc2cc3oc(=O)ccc3cc12. The monoisotopic (exact) mass is 586 g/mol. The summed E-state index contributed by atoms with van der Waals surface area (Å²) in [7, 11) is 1.63. The zero-order valence-corrected chi connectivity index (χ0v) is 25.8. The fraction of sp³-hybridized carbons (Fsp3) is 0.500. The highest BCUT2D eigenvalue weighted by atomic mass is 16.5. The molecule has 7 rings (SSSR count). The number of phenols is 1. The van der Waals surface area contributed by atoms with Gasteiger partial charge in [0.05, 0.1) is 12.5 Å². The lowest BCUT2D eigenvalue weighted by atomic mass is 9.55. The summed E-state index contributed by atoms with van der Waals surface area (Å²) in [5.41, 5.74) is 3.77. The van der Waals surface area contributed by atoms with Gasteiger partial charge in [-0.25, -0.2) is 4.79 Å². The molecular weight excluding hydrogens is 544 g/mol. The molecule has 2 heterocycles. The molecule has 2 fully saturated rings. The number of carbonyl (C=O) groups is 1. The van der Waals surface area contributed by atoms with Crippen molar-refractivity contribution in [1.82, 2.24) is 0 Å². The Morgan fingerprint density at radius 2 is 1.86 bits per heavy atom. The Bertz CT molecular complexity index is 1710. The van der Waals surface area contributed by atoms with Crippen LogP contribution < -0.4 is 10.4 Å². The Morgan fingerprint density at radius 1 is 1.05 bits per heavy atom. The van der Waals surface area contributed by atoms with Crippen LogP contribution in [0, 0.1) is 17.3 Å².